The molecule has 0 bridgehead atoms. The minimum atomic E-state index is 0. The van der Waals surface area contributed by atoms with E-state index in [-0.39, 0.29) is 24.8 Å². The molecule has 59 valence electrons. The molecule has 0 saturated carbocycles. The van der Waals surface area contributed by atoms with Crippen molar-refractivity contribution >= 4 is 0 Å². The zero-order valence-electron chi connectivity index (χ0n) is 6.11. The van der Waals surface area contributed by atoms with Gasteiger partial charge in [-0.15, -0.1) is 0 Å². The minimum absolute atomic E-state index is 0. The molecule has 1 aliphatic rings. The Morgan fingerprint density at radius 3 is 2.55 bits per heavy atom. The summed E-state index contributed by atoms with van der Waals surface area (Å²) in [6, 6.07) is 0. The van der Waals surface area contributed by atoms with Gasteiger partial charge in [-0.3, -0.25) is 0 Å². The summed E-state index contributed by atoms with van der Waals surface area (Å²) in [6.45, 7) is 3.69. The van der Waals surface area contributed by atoms with Crippen molar-refractivity contribution in [2.75, 3.05) is 0 Å². The molecule has 0 fully saturated rings. The summed E-state index contributed by atoms with van der Waals surface area (Å²) < 4.78 is 1.50. The van der Waals surface area contributed by atoms with Gasteiger partial charge in [0.15, 0.2) is 0 Å². The smallest absolute Gasteiger partial charge is 1.00 e. The predicted molar refractivity (Wildman–Crippen MR) is 35.6 cm³/mol. The summed E-state index contributed by atoms with van der Waals surface area (Å²) in [6.07, 6.45) is 8.52. The topological polar surface area (TPSA) is 0 Å². The van der Waals surface area contributed by atoms with Gasteiger partial charge in [0, 0.05) is 0 Å². The number of allylic oxidation sites excluding steroid dienone is 5. The zero-order chi connectivity index (χ0) is 6.69. The van der Waals surface area contributed by atoms with E-state index < -0.39 is 0 Å². The average molecular weight is 224 g/mol. The van der Waals surface area contributed by atoms with Crippen molar-refractivity contribution in [1.82, 2.24) is 0 Å². The first-order valence-electron chi connectivity index (χ1n) is 3.05. The molecule has 0 unspecified atom stereocenters. The van der Waals surface area contributed by atoms with Gasteiger partial charge in [-0.1, -0.05) is 0 Å². The Labute approximate surface area is 92.1 Å². The first kappa shape index (κ1) is 14.1. The van der Waals surface area contributed by atoms with Crippen LogP contribution in [0.15, 0.2) is 34.3 Å². The van der Waals surface area contributed by atoms with E-state index in [1.165, 1.54) is 9.45 Å². The summed E-state index contributed by atoms with van der Waals surface area (Å²) in [4.78, 5) is 0. The molecule has 0 aromatic heterocycles. The molecule has 0 N–H and O–H groups in total. The molecule has 11 heavy (non-hydrogen) atoms. The van der Waals surface area contributed by atoms with Gasteiger partial charge in [-0.05, 0) is 0 Å². The van der Waals surface area contributed by atoms with Crippen LogP contribution < -0.4 is 24.8 Å². The van der Waals surface area contributed by atoms with Gasteiger partial charge in [-0.2, -0.15) is 0 Å². The van der Waals surface area contributed by atoms with Gasteiger partial charge in [0.1, 0.15) is 0 Å². The van der Waals surface area contributed by atoms with Crippen LogP contribution in [0.3, 0.4) is 0 Å². The quantitative estimate of drug-likeness (QED) is 0.335. The Hall–Kier alpha value is 0.514. The van der Waals surface area contributed by atoms with Crippen LogP contribution in [0.2, 0.25) is 0 Å². The van der Waals surface area contributed by atoms with Crippen molar-refractivity contribution in [1.29, 1.82) is 0 Å². The molecule has 0 radical (unpaired) electrons. The normalized spacial score (nSPS) is 14.0. The van der Waals surface area contributed by atoms with Crippen molar-refractivity contribution in [2.45, 2.75) is 12.8 Å². The minimum Gasteiger partial charge on any atom is -1.00 e. The van der Waals surface area contributed by atoms with Gasteiger partial charge in [0.05, 0.1) is 0 Å². The molecule has 1 rings (SSSR count). The second-order valence-electron chi connectivity index (χ2n) is 2.10. The van der Waals surface area contributed by atoms with E-state index in [1.807, 2.05) is 6.08 Å². The summed E-state index contributed by atoms with van der Waals surface area (Å²) in [7, 11) is 0. The van der Waals surface area contributed by atoms with Crippen molar-refractivity contribution in [3.8, 4) is 0 Å². The van der Waals surface area contributed by atoms with Crippen LogP contribution in [-0.2, 0) is 20.4 Å². The van der Waals surface area contributed by atoms with E-state index in [4.69, 9.17) is 0 Å². The monoisotopic (exact) mass is 223 g/mol. The van der Waals surface area contributed by atoms with Crippen molar-refractivity contribution < 1.29 is 45.2 Å². The van der Waals surface area contributed by atoms with E-state index in [2.05, 4.69) is 39.2 Å². The van der Waals surface area contributed by atoms with Crippen LogP contribution >= 0.6 is 0 Å². The predicted octanol–water partition coefficient (Wildman–Crippen LogP) is -3.67. The van der Waals surface area contributed by atoms with Gasteiger partial charge < -0.3 is 24.8 Å². The van der Waals surface area contributed by atoms with Gasteiger partial charge in [0.25, 0.3) is 0 Å². The molecule has 1 aliphatic carbocycles. The fourth-order valence-corrected chi connectivity index (χ4v) is 1.37. The Bertz CT molecular complexity index is 183. The van der Waals surface area contributed by atoms with Crippen molar-refractivity contribution in [3.05, 3.63) is 34.3 Å². The van der Waals surface area contributed by atoms with E-state index in [1.54, 1.807) is 0 Å². The Balaban J connectivity index is 0. The Kier molecular flexibility index (Phi) is 9.18. The van der Waals surface area contributed by atoms with E-state index in [9.17, 15) is 0 Å². The average Bonchev–Trinajstić information content (AvgIpc) is 2.18. The number of hydrogen-bond acceptors (Lipinski definition) is 0. The maximum atomic E-state index is 3.69. The van der Waals surface area contributed by atoms with Gasteiger partial charge in [-0.25, -0.2) is 0 Å². The molecule has 0 amide bonds. The molecule has 0 aliphatic heterocycles. The van der Waals surface area contributed by atoms with Gasteiger partial charge in [0.2, 0.25) is 0 Å². The molecule has 0 spiro atoms. The van der Waals surface area contributed by atoms with Gasteiger partial charge >= 0.3 is 67.5 Å². The maximum Gasteiger partial charge on any atom is -1.00 e. The fourth-order valence-electron chi connectivity index (χ4n) is 0.897. The van der Waals surface area contributed by atoms with Crippen LogP contribution in [0, 0.1) is 0 Å². The van der Waals surface area contributed by atoms with E-state index >= 15 is 0 Å². The number of rotatable bonds is 2. The summed E-state index contributed by atoms with van der Waals surface area (Å²) in [5, 5.41) is 0. The standard InChI is InChI=1S/C8H9.2ClH.Ti/c1-2-5-8-6-3-4-7-8;;;/h2-3,6H,1,4-5H2;2*1H;/q;;;+2/p-2. The molecule has 0 aromatic carbocycles. The second-order valence-corrected chi connectivity index (χ2v) is 3.05. The van der Waals surface area contributed by atoms with E-state index in [0.717, 1.165) is 12.8 Å². The zero-order valence-corrected chi connectivity index (χ0v) is 9.18. The molecule has 0 aromatic rings. The Morgan fingerprint density at radius 2 is 2.18 bits per heavy atom. The van der Waals surface area contributed by atoms with Crippen LogP contribution in [0.5, 0.6) is 0 Å². The van der Waals surface area contributed by atoms with Crippen LogP contribution in [0.25, 0.3) is 0 Å². The summed E-state index contributed by atoms with van der Waals surface area (Å²) in [5.74, 6) is 0. The summed E-state index contributed by atoms with van der Waals surface area (Å²) in [5.41, 5.74) is 1.45. The SMILES string of the molecule is C=CCC1=[C]([Ti+2])CC=C1.[Cl-].[Cl-]. The Morgan fingerprint density at radius 1 is 1.55 bits per heavy atom. The number of hydrogen-bond donors (Lipinski definition) is 0. The second kappa shape index (κ2) is 7.18. The molecule has 0 heterocycles. The van der Waals surface area contributed by atoms with Crippen LogP contribution in [0.1, 0.15) is 12.8 Å². The molecule has 0 nitrogen and oxygen atoms in total. The molecular weight excluding hydrogens is 215 g/mol. The van der Waals surface area contributed by atoms with Crippen LogP contribution in [0.4, 0.5) is 0 Å². The van der Waals surface area contributed by atoms with Crippen LogP contribution in [-0.4, -0.2) is 0 Å². The molecule has 0 atom stereocenters. The molecule has 0 saturated heterocycles. The van der Waals surface area contributed by atoms with Crippen molar-refractivity contribution in [2.24, 2.45) is 0 Å². The number of halogens is 2. The third-order valence-electron chi connectivity index (χ3n) is 1.39. The molecule has 3 heteroatoms. The fraction of sp³-hybridized carbons (Fsp3) is 0.250. The van der Waals surface area contributed by atoms with E-state index in [0.29, 0.717) is 0 Å². The third kappa shape index (κ3) is 4.17. The third-order valence-corrected chi connectivity index (χ3v) is 2.21. The van der Waals surface area contributed by atoms with Crippen molar-refractivity contribution in [3.63, 3.8) is 0 Å². The summed E-state index contributed by atoms with van der Waals surface area (Å²) >= 11 is 2.18. The largest absolute Gasteiger partial charge is 1.00 e. The molecular formula is C8H9Cl2Ti. The first-order valence-corrected chi connectivity index (χ1v) is 3.83. The maximum absolute atomic E-state index is 3.69. The first-order chi connectivity index (χ1) is 4.34.